The molecule has 3 atom stereocenters. The van der Waals surface area contributed by atoms with Gasteiger partial charge < -0.3 is 20.3 Å². The molecule has 1 aliphatic rings. The predicted octanol–water partition coefficient (Wildman–Crippen LogP) is 2.79. The summed E-state index contributed by atoms with van der Waals surface area (Å²) in [5.74, 6) is -1.35. The van der Waals surface area contributed by atoms with Crippen LogP contribution in [0.2, 0.25) is 0 Å². The highest BCUT2D eigenvalue weighted by molar-refractivity contribution is 5.97. The number of aliphatic carboxylic acids is 1. The Morgan fingerprint density at radius 3 is 2.44 bits per heavy atom. The van der Waals surface area contributed by atoms with Crippen LogP contribution in [0.25, 0.3) is 11.0 Å². The summed E-state index contributed by atoms with van der Waals surface area (Å²) in [6, 6.07) is 14.6. The molecule has 178 valence electrons. The van der Waals surface area contributed by atoms with Gasteiger partial charge in [0.15, 0.2) is 0 Å². The van der Waals surface area contributed by atoms with Gasteiger partial charge >= 0.3 is 12.0 Å². The Kier molecular flexibility index (Phi) is 6.81. The fraction of sp³-hybridized carbons (Fsp3) is 0.360. The lowest BCUT2D eigenvalue weighted by molar-refractivity contribution is -0.143. The molecule has 3 aromatic rings. The predicted molar refractivity (Wildman–Crippen MR) is 129 cm³/mol. The maximum Gasteiger partial charge on any atom is 0.326 e. The molecule has 4 rings (SSSR count). The number of para-hydroxylation sites is 2. The van der Waals surface area contributed by atoms with E-state index in [1.54, 1.807) is 6.92 Å². The van der Waals surface area contributed by atoms with Crippen molar-refractivity contribution in [1.82, 2.24) is 20.2 Å². The van der Waals surface area contributed by atoms with Crippen molar-refractivity contribution >= 4 is 34.9 Å². The number of carboxylic acids is 1. The number of urea groups is 1. The third-order valence-electron chi connectivity index (χ3n) is 6.34. The van der Waals surface area contributed by atoms with Crippen LogP contribution in [0.3, 0.4) is 0 Å². The van der Waals surface area contributed by atoms with E-state index in [1.165, 1.54) is 4.90 Å². The van der Waals surface area contributed by atoms with Crippen molar-refractivity contribution in [2.45, 2.75) is 45.3 Å². The molecule has 0 saturated carbocycles. The number of amides is 3. The maximum atomic E-state index is 13.3. The topological polar surface area (TPSA) is 117 Å². The molecule has 0 aliphatic carbocycles. The highest BCUT2D eigenvalue weighted by atomic mass is 16.4. The number of carbonyl (C=O) groups is 3. The normalized spacial score (nSPS) is 15.4. The number of hydrogen-bond donors (Lipinski definition) is 3. The molecule has 3 amide bonds. The molecule has 0 saturated heterocycles. The first-order valence-corrected chi connectivity index (χ1v) is 11.5. The van der Waals surface area contributed by atoms with Gasteiger partial charge in [0, 0.05) is 19.5 Å². The van der Waals surface area contributed by atoms with Crippen LogP contribution in [0.5, 0.6) is 0 Å². The van der Waals surface area contributed by atoms with Crippen LogP contribution in [0, 0.1) is 5.92 Å². The monoisotopic (exact) mass is 463 g/mol. The number of carbonyl (C=O) groups excluding carboxylic acids is 2. The Balaban J connectivity index is 1.55. The van der Waals surface area contributed by atoms with Crippen LogP contribution < -0.4 is 15.5 Å². The van der Waals surface area contributed by atoms with E-state index in [0.29, 0.717) is 25.5 Å². The molecular weight excluding hydrogens is 434 g/mol. The highest BCUT2D eigenvalue weighted by Gasteiger charge is 2.33. The van der Waals surface area contributed by atoms with Crippen molar-refractivity contribution in [3.63, 3.8) is 0 Å². The first kappa shape index (κ1) is 23.3. The maximum absolute atomic E-state index is 13.3. The number of aromatic nitrogens is 2. The van der Waals surface area contributed by atoms with E-state index >= 15 is 0 Å². The summed E-state index contributed by atoms with van der Waals surface area (Å²) in [7, 11) is 0. The van der Waals surface area contributed by atoms with Crippen molar-refractivity contribution in [1.29, 1.82) is 0 Å². The number of nitrogens with zero attached hydrogens (tertiary/aromatic N) is 3. The van der Waals surface area contributed by atoms with Crippen LogP contribution in [-0.4, -0.2) is 51.2 Å². The van der Waals surface area contributed by atoms with Crippen LogP contribution in [-0.2, 0) is 22.6 Å². The lowest BCUT2D eigenvalue weighted by Crippen LogP contribution is -2.56. The number of anilines is 1. The molecule has 0 radical (unpaired) electrons. The summed E-state index contributed by atoms with van der Waals surface area (Å²) < 4.78 is 1.98. The first-order chi connectivity index (χ1) is 16.4. The van der Waals surface area contributed by atoms with Crippen LogP contribution in [0.1, 0.15) is 25.8 Å². The molecule has 0 bridgehead atoms. The first-order valence-electron chi connectivity index (χ1n) is 11.5. The fourth-order valence-corrected chi connectivity index (χ4v) is 4.20. The molecule has 0 spiro atoms. The van der Waals surface area contributed by atoms with Crippen molar-refractivity contribution in [2.24, 2.45) is 5.92 Å². The van der Waals surface area contributed by atoms with E-state index in [0.717, 1.165) is 16.6 Å². The largest absolute Gasteiger partial charge is 0.480 e. The van der Waals surface area contributed by atoms with E-state index in [4.69, 9.17) is 0 Å². The summed E-state index contributed by atoms with van der Waals surface area (Å²) in [6.45, 7) is 4.69. The molecule has 2 aromatic carbocycles. The molecular formula is C25H29N5O4. The van der Waals surface area contributed by atoms with Gasteiger partial charge in [-0.05, 0) is 23.6 Å². The molecule has 1 aliphatic heterocycles. The van der Waals surface area contributed by atoms with Gasteiger partial charge in [-0.15, -0.1) is 0 Å². The fourth-order valence-electron chi connectivity index (χ4n) is 4.20. The number of rotatable bonds is 8. The molecule has 9 heteroatoms. The van der Waals surface area contributed by atoms with E-state index in [2.05, 4.69) is 15.6 Å². The van der Waals surface area contributed by atoms with Crippen LogP contribution >= 0.6 is 0 Å². The zero-order valence-corrected chi connectivity index (χ0v) is 19.3. The Hall–Kier alpha value is -3.88. The summed E-state index contributed by atoms with van der Waals surface area (Å²) in [5.41, 5.74) is 2.60. The lowest BCUT2D eigenvalue weighted by Gasteiger charge is -2.26. The third-order valence-corrected chi connectivity index (χ3v) is 6.34. The van der Waals surface area contributed by atoms with Crippen LogP contribution in [0.4, 0.5) is 10.7 Å². The molecule has 2 heterocycles. The quantitative estimate of drug-likeness (QED) is 0.475. The lowest BCUT2D eigenvalue weighted by atomic mass is 9.98. The number of carboxylic acid groups (broad SMARTS) is 1. The van der Waals surface area contributed by atoms with Gasteiger partial charge in [0.05, 0.1) is 11.0 Å². The second-order valence-corrected chi connectivity index (χ2v) is 8.61. The molecule has 34 heavy (non-hydrogen) atoms. The third kappa shape index (κ3) is 4.73. The summed E-state index contributed by atoms with van der Waals surface area (Å²) >= 11 is 0. The molecule has 9 nitrogen and oxygen atoms in total. The Bertz CT molecular complexity index is 1190. The standard InChI is InChI=1S/C25H29N5O4/c1-3-16(2)21(23(32)33)28-22(31)19(15-17-9-5-4-6-10-17)27-25(34)30-14-13-29-20-12-8-7-11-18(20)26-24(29)30/h4-12,16,19,21H,3,13-15H2,1-2H3,(H,27,34)(H,28,31)(H,32,33)/t16-,19-,21-/m0/s1. The van der Waals surface area contributed by atoms with E-state index in [1.807, 2.05) is 66.1 Å². The molecule has 1 aromatic heterocycles. The summed E-state index contributed by atoms with van der Waals surface area (Å²) in [5, 5.41) is 15.1. The van der Waals surface area contributed by atoms with E-state index in [-0.39, 0.29) is 12.3 Å². The number of hydrogen-bond acceptors (Lipinski definition) is 4. The molecule has 0 unspecified atom stereocenters. The van der Waals surface area contributed by atoms with E-state index < -0.39 is 30.0 Å². The zero-order chi connectivity index (χ0) is 24.2. The van der Waals surface area contributed by atoms with Gasteiger partial charge in [-0.3, -0.25) is 9.69 Å². The Morgan fingerprint density at radius 2 is 1.74 bits per heavy atom. The minimum absolute atomic E-state index is 0.232. The minimum atomic E-state index is -1.10. The number of nitrogens with one attached hydrogen (secondary N) is 2. The van der Waals surface area contributed by atoms with Crippen molar-refractivity contribution in [2.75, 3.05) is 11.4 Å². The smallest absolute Gasteiger partial charge is 0.326 e. The number of imidazole rings is 1. The molecule has 0 fully saturated rings. The zero-order valence-electron chi connectivity index (χ0n) is 19.3. The van der Waals surface area contributed by atoms with Crippen molar-refractivity contribution in [3.05, 3.63) is 60.2 Å². The highest BCUT2D eigenvalue weighted by Crippen LogP contribution is 2.27. The number of benzene rings is 2. The van der Waals surface area contributed by atoms with Gasteiger partial charge in [-0.25, -0.2) is 14.6 Å². The van der Waals surface area contributed by atoms with Gasteiger partial charge in [-0.1, -0.05) is 62.7 Å². The number of fused-ring (bicyclic) bond motifs is 3. The second-order valence-electron chi connectivity index (χ2n) is 8.61. The summed E-state index contributed by atoms with van der Waals surface area (Å²) in [6.07, 6.45) is 0.826. The minimum Gasteiger partial charge on any atom is -0.480 e. The Morgan fingerprint density at radius 1 is 1.03 bits per heavy atom. The molecule has 3 N–H and O–H groups in total. The van der Waals surface area contributed by atoms with Crippen LogP contribution in [0.15, 0.2) is 54.6 Å². The van der Waals surface area contributed by atoms with Crippen molar-refractivity contribution in [3.8, 4) is 0 Å². The van der Waals surface area contributed by atoms with Gasteiger partial charge in [0.2, 0.25) is 11.9 Å². The second kappa shape index (κ2) is 9.94. The average Bonchev–Trinajstić information content (AvgIpc) is 3.41. The van der Waals surface area contributed by atoms with Gasteiger partial charge in [-0.2, -0.15) is 0 Å². The van der Waals surface area contributed by atoms with Crippen molar-refractivity contribution < 1.29 is 19.5 Å². The average molecular weight is 464 g/mol. The SMILES string of the molecule is CC[C@H](C)[C@H](NC(=O)[C@H](Cc1ccccc1)NC(=O)N1CCn2c1nc1ccccc12)C(=O)O. The van der Waals surface area contributed by atoms with Gasteiger partial charge in [0.25, 0.3) is 0 Å². The van der Waals surface area contributed by atoms with E-state index in [9.17, 15) is 19.5 Å². The van der Waals surface area contributed by atoms with Gasteiger partial charge in [0.1, 0.15) is 12.1 Å². The summed E-state index contributed by atoms with van der Waals surface area (Å²) in [4.78, 5) is 44.3. The Labute approximate surface area is 197 Å².